The van der Waals surface area contributed by atoms with Gasteiger partial charge in [-0.2, -0.15) is 0 Å². The average molecular weight is 255 g/mol. The fourth-order valence-corrected chi connectivity index (χ4v) is 2.07. The van der Waals surface area contributed by atoms with Crippen LogP contribution in [0.15, 0.2) is 54.6 Å². The molecule has 1 atom stereocenters. The highest BCUT2D eigenvalue weighted by Gasteiger charge is 2.22. The Bertz CT molecular complexity index is 520. The van der Waals surface area contributed by atoms with Crippen LogP contribution in [0.2, 0.25) is 0 Å². The van der Waals surface area contributed by atoms with Crippen LogP contribution in [0.4, 0.5) is 5.69 Å². The highest BCUT2D eigenvalue weighted by Crippen LogP contribution is 2.21. The number of hydrogen-bond donors (Lipinski definition) is 2. The highest BCUT2D eigenvalue weighted by atomic mass is 16.3. The maximum Gasteiger partial charge on any atom is 0.104 e. The van der Waals surface area contributed by atoms with Crippen molar-refractivity contribution >= 4 is 5.69 Å². The lowest BCUT2D eigenvalue weighted by atomic mass is 9.96. The Kier molecular flexibility index (Phi) is 4.23. The molecule has 0 aliphatic rings. The third-order valence-corrected chi connectivity index (χ3v) is 3.37. The van der Waals surface area contributed by atoms with Crippen LogP contribution in [0.3, 0.4) is 0 Å². The van der Waals surface area contributed by atoms with E-state index in [-0.39, 0.29) is 0 Å². The topological polar surface area (TPSA) is 32.3 Å². The van der Waals surface area contributed by atoms with Crippen molar-refractivity contribution in [3.05, 3.63) is 65.7 Å². The lowest BCUT2D eigenvalue weighted by Crippen LogP contribution is -2.30. The molecule has 2 nitrogen and oxygen atoms in total. The molecule has 2 N–H and O–H groups in total. The number of aliphatic hydroxyl groups is 1. The molecule has 0 aliphatic heterocycles. The smallest absolute Gasteiger partial charge is 0.104 e. The molecule has 2 aromatic rings. The SMILES string of the molecule is CCc1cccc(NCC(C)(O)c2ccccc2)c1. The van der Waals surface area contributed by atoms with Crippen LogP contribution >= 0.6 is 0 Å². The number of rotatable bonds is 5. The molecule has 0 heterocycles. The van der Waals surface area contributed by atoms with Gasteiger partial charge in [-0.15, -0.1) is 0 Å². The van der Waals surface area contributed by atoms with Gasteiger partial charge >= 0.3 is 0 Å². The van der Waals surface area contributed by atoms with Crippen LogP contribution in [-0.2, 0) is 12.0 Å². The monoisotopic (exact) mass is 255 g/mol. The summed E-state index contributed by atoms with van der Waals surface area (Å²) in [5.41, 5.74) is 2.40. The van der Waals surface area contributed by atoms with E-state index in [0.717, 1.165) is 17.7 Å². The minimum Gasteiger partial charge on any atom is -0.384 e. The van der Waals surface area contributed by atoms with Crippen LogP contribution in [-0.4, -0.2) is 11.7 Å². The van der Waals surface area contributed by atoms with Crippen molar-refractivity contribution < 1.29 is 5.11 Å². The normalized spacial score (nSPS) is 13.8. The summed E-state index contributed by atoms with van der Waals surface area (Å²) in [5, 5.41) is 13.8. The summed E-state index contributed by atoms with van der Waals surface area (Å²) in [6.45, 7) is 4.46. The predicted molar refractivity (Wildman–Crippen MR) is 80.3 cm³/mol. The number of hydrogen-bond acceptors (Lipinski definition) is 2. The molecule has 2 aromatic carbocycles. The Morgan fingerprint density at radius 1 is 1.05 bits per heavy atom. The zero-order chi connectivity index (χ0) is 13.7. The van der Waals surface area contributed by atoms with E-state index in [1.165, 1.54) is 5.56 Å². The molecule has 0 fully saturated rings. The second kappa shape index (κ2) is 5.89. The maximum absolute atomic E-state index is 10.5. The van der Waals surface area contributed by atoms with E-state index in [4.69, 9.17) is 0 Å². The van der Waals surface area contributed by atoms with E-state index in [1.807, 2.05) is 49.4 Å². The highest BCUT2D eigenvalue weighted by molar-refractivity contribution is 5.46. The van der Waals surface area contributed by atoms with Gasteiger partial charge in [0.1, 0.15) is 5.60 Å². The molecule has 0 amide bonds. The second-order valence-corrected chi connectivity index (χ2v) is 5.05. The number of nitrogens with one attached hydrogen (secondary N) is 1. The summed E-state index contributed by atoms with van der Waals surface area (Å²) < 4.78 is 0. The van der Waals surface area contributed by atoms with Crippen LogP contribution in [0.25, 0.3) is 0 Å². The first-order valence-corrected chi connectivity index (χ1v) is 6.72. The van der Waals surface area contributed by atoms with Gasteiger partial charge in [0, 0.05) is 12.2 Å². The zero-order valence-electron chi connectivity index (χ0n) is 11.6. The van der Waals surface area contributed by atoms with Gasteiger partial charge in [0.2, 0.25) is 0 Å². The van der Waals surface area contributed by atoms with E-state index < -0.39 is 5.60 Å². The Labute approximate surface area is 115 Å². The largest absolute Gasteiger partial charge is 0.384 e. The first-order valence-electron chi connectivity index (χ1n) is 6.72. The lowest BCUT2D eigenvalue weighted by Gasteiger charge is -2.25. The molecule has 0 saturated carbocycles. The third-order valence-electron chi connectivity index (χ3n) is 3.37. The molecular formula is C17H21NO. The summed E-state index contributed by atoms with van der Waals surface area (Å²) in [6, 6.07) is 18.1. The van der Waals surface area contributed by atoms with Gasteiger partial charge in [-0.3, -0.25) is 0 Å². The minimum atomic E-state index is -0.872. The summed E-state index contributed by atoms with van der Waals surface area (Å²) >= 11 is 0. The van der Waals surface area contributed by atoms with Crippen molar-refractivity contribution in [2.24, 2.45) is 0 Å². The quantitative estimate of drug-likeness (QED) is 0.856. The standard InChI is InChI=1S/C17H21NO/c1-3-14-8-7-11-16(12-14)18-13-17(2,19)15-9-5-4-6-10-15/h4-12,18-19H,3,13H2,1-2H3. The van der Waals surface area contributed by atoms with Gasteiger partial charge in [0.25, 0.3) is 0 Å². The molecule has 0 spiro atoms. The molecule has 0 bridgehead atoms. The summed E-state index contributed by atoms with van der Waals surface area (Å²) in [5.74, 6) is 0. The fourth-order valence-electron chi connectivity index (χ4n) is 2.07. The van der Waals surface area contributed by atoms with Crippen molar-refractivity contribution in [1.29, 1.82) is 0 Å². The van der Waals surface area contributed by atoms with E-state index in [2.05, 4.69) is 24.4 Å². The summed E-state index contributed by atoms with van der Waals surface area (Å²) in [7, 11) is 0. The van der Waals surface area contributed by atoms with Crippen molar-refractivity contribution in [3.63, 3.8) is 0 Å². The average Bonchev–Trinajstić information content (AvgIpc) is 2.46. The molecule has 0 radical (unpaired) electrons. The van der Waals surface area contributed by atoms with Gasteiger partial charge in [-0.25, -0.2) is 0 Å². The van der Waals surface area contributed by atoms with E-state index in [9.17, 15) is 5.11 Å². The van der Waals surface area contributed by atoms with Gasteiger partial charge < -0.3 is 10.4 Å². The van der Waals surface area contributed by atoms with Crippen LogP contribution in [0.1, 0.15) is 25.0 Å². The number of anilines is 1. The van der Waals surface area contributed by atoms with E-state index >= 15 is 0 Å². The lowest BCUT2D eigenvalue weighted by molar-refractivity contribution is 0.0715. The Morgan fingerprint density at radius 2 is 1.79 bits per heavy atom. The maximum atomic E-state index is 10.5. The van der Waals surface area contributed by atoms with Gasteiger partial charge in [-0.05, 0) is 36.6 Å². The molecular weight excluding hydrogens is 234 g/mol. The predicted octanol–water partition coefficient (Wildman–Crippen LogP) is 3.57. The number of aryl methyl sites for hydroxylation is 1. The van der Waals surface area contributed by atoms with E-state index in [0.29, 0.717) is 6.54 Å². The van der Waals surface area contributed by atoms with Gasteiger partial charge in [0.05, 0.1) is 0 Å². The van der Waals surface area contributed by atoms with Gasteiger partial charge in [-0.1, -0.05) is 49.4 Å². The summed E-state index contributed by atoms with van der Waals surface area (Å²) in [4.78, 5) is 0. The Balaban J connectivity index is 2.05. The van der Waals surface area contributed by atoms with Gasteiger partial charge in [0.15, 0.2) is 0 Å². The van der Waals surface area contributed by atoms with Crippen molar-refractivity contribution in [2.75, 3.05) is 11.9 Å². The van der Waals surface area contributed by atoms with Crippen LogP contribution < -0.4 is 5.32 Å². The van der Waals surface area contributed by atoms with Crippen molar-refractivity contribution in [2.45, 2.75) is 25.9 Å². The third kappa shape index (κ3) is 3.58. The van der Waals surface area contributed by atoms with Crippen molar-refractivity contribution in [1.82, 2.24) is 0 Å². The first-order chi connectivity index (χ1) is 9.12. The first kappa shape index (κ1) is 13.6. The molecule has 0 saturated heterocycles. The molecule has 100 valence electrons. The van der Waals surface area contributed by atoms with Crippen LogP contribution in [0.5, 0.6) is 0 Å². The molecule has 2 heteroatoms. The van der Waals surface area contributed by atoms with Crippen LogP contribution in [0, 0.1) is 0 Å². The fraction of sp³-hybridized carbons (Fsp3) is 0.294. The van der Waals surface area contributed by atoms with Crippen molar-refractivity contribution in [3.8, 4) is 0 Å². The Hall–Kier alpha value is -1.80. The second-order valence-electron chi connectivity index (χ2n) is 5.05. The summed E-state index contributed by atoms with van der Waals surface area (Å²) in [6.07, 6.45) is 1.02. The zero-order valence-corrected chi connectivity index (χ0v) is 11.6. The molecule has 1 unspecified atom stereocenters. The minimum absolute atomic E-state index is 0.490. The molecule has 19 heavy (non-hydrogen) atoms. The molecule has 0 aromatic heterocycles. The number of benzene rings is 2. The molecule has 2 rings (SSSR count). The van der Waals surface area contributed by atoms with E-state index in [1.54, 1.807) is 0 Å². The molecule has 0 aliphatic carbocycles. The Morgan fingerprint density at radius 3 is 2.47 bits per heavy atom.